The molecule has 1 N–H and O–H groups in total. The van der Waals surface area contributed by atoms with Gasteiger partial charge in [-0.15, -0.1) is 0 Å². The number of carbonyl (C=O) groups excluding carboxylic acids is 1. The van der Waals surface area contributed by atoms with E-state index in [9.17, 15) is 13.2 Å². The third kappa shape index (κ3) is 2.88. The van der Waals surface area contributed by atoms with Crippen LogP contribution in [0.1, 0.15) is 18.9 Å². The zero-order valence-electron chi connectivity index (χ0n) is 11.3. The maximum Gasteiger partial charge on any atom is 0.245 e. The molecule has 0 aromatic heterocycles. The molecule has 8 heteroatoms. The first-order chi connectivity index (χ1) is 9.91. The van der Waals surface area contributed by atoms with Crippen molar-refractivity contribution < 1.29 is 13.2 Å². The van der Waals surface area contributed by atoms with Crippen molar-refractivity contribution in [2.75, 3.05) is 13.1 Å². The van der Waals surface area contributed by atoms with Crippen LogP contribution in [0.2, 0.25) is 5.02 Å². The molecule has 112 valence electrons. The second-order valence-corrected chi connectivity index (χ2v) is 6.85. The van der Waals surface area contributed by atoms with Crippen molar-refractivity contribution in [1.82, 2.24) is 9.62 Å². The van der Waals surface area contributed by atoms with Gasteiger partial charge in [0.05, 0.1) is 16.7 Å². The highest BCUT2D eigenvalue weighted by Gasteiger charge is 2.38. The van der Waals surface area contributed by atoms with Crippen LogP contribution in [0.3, 0.4) is 0 Å². The molecule has 6 nitrogen and oxygen atoms in total. The van der Waals surface area contributed by atoms with Gasteiger partial charge in [-0.2, -0.15) is 9.57 Å². The number of hydrogen-bond donors (Lipinski definition) is 1. The average molecular weight is 328 g/mol. The highest BCUT2D eigenvalue weighted by molar-refractivity contribution is 7.89. The van der Waals surface area contributed by atoms with Gasteiger partial charge in [0.2, 0.25) is 15.9 Å². The molecule has 0 bridgehead atoms. The number of nitrogens with zero attached hydrogens (tertiary/aromatic N) is 2. The summed E-state index contributed by atoms with van der Waals surface area (Å²) in [4.78, 5) is 11.7. The first-order valence-electron chi connectivity index (χ1n) is 6.41. The summed E-state index contributed by atoms with van der Waals surface area (Å²) in [6, 6.07) is 5.15. The Bertz CT molecular complexity index is 712. The summed E-state index contributed by atoms with van der Waals surface area (Å²) < 4.78 is 26.6. The van der Waals surface area contributed by atoms with Crippen LogP contribution in [0, 0.1) is 11.3 Å². The van der Waals surface area contributed by atoms with Crippen LogP contribution in [0.15, 0.2) is 23.1 Å². The van der Waals surface area contributed by atoms with Gasteiger partial charge in [-0.25, -0.2) is 8.42 Å². The van der Waals surface area contributed by atoms with E-state index in [-0.39, 0.29) is 34.5 Å². The molecule has 21 heavy (non-hydrogen) atoms. The predicted molar refractivity (Wildman–Crippen MR) is 77.1 cm³/mol. The molecule has 1 heterocycles. The minimum absolute atomic E-state index is 0.0186. The van der Waals surface area contributed by atoms with E-state index in [4.69, 9.17) is 16.9 Å². The van der Waals surface area contributed by atoms with E-state index in [0.29, 0.717) is 6.42 Å². The molecule has 0 spiro atoms. The Morgan fingerprint density at radius 3 is 2.81 bits per heavy atom. The normalized spacial score (nSPS) is 19.9. The summed E-state index contributed by atoms with van der Waals surface area (Å²) >= 11 is 5.98. The molecule has 1 amide bonds. The van der Waals surface area contributed by atoms with Gasteiger partial charge in [0, 0.05) is 13.1 Å². The molecule has 0 radical (unpaired) electrons. The number of sulfonamides is 1. The first kappa shape index (κ1) is 15.8. The van der Waals surface area contributed by atoms with Gasteiger partial charge in [0.15, 0.2) is 0 Å². The van der Waals surface area contributed by atoms with Gasteiger partial charge in [-0.1, -0.05) is 18.5 Å². The van der Waals surface area contributed by atoms with Crippen molar-refractivity contribution in [3.8, 4) is 6.07 Å². The summed E-state index contributed by atoms with van der Waals surface area (Å²) in [5.74, 6) is -0.308. The number of nitrogens with one attached hydrogen (secondary N) is 1. The van der Waals surface area contributed by atoms with E-state index in [1.54, 1.807) is 6.92 Å². The third-order valence-corrected chi connectivity index (χ3v) is 5.71. The van der Waals surface area contributed by atoms with E-state index in [1.165, 1.54) is 22.5 Å². The van der Waals surface area contributed by atoms with Gasteiger partial charge in [-0.3, -0.25) is 4.79 Å². The lowest BCUT2D eigenvalue weighted by molar-refractivity contribution is -0.126. The van der Waals surface area contributed by atoms with Crippen LogP contribution >= 0.6 is 11.6 Å². The molecule has 0 saturated carbocycles. The SMILES string of the molecule is CCC1C(=O)NCCN1S(=O)(=O)c1ccc(C#N)cc1Cl. The first-order valence-corrected chi connectivity index (χ1v) is 8.22. The Labute approximate surface area is 128 Å². The molecule has 1 atom stereocenters. The van der Waals surface area contributed by atoms with Crippen LogP contribution in [0.5, 0.6) is 0 Å². The number of piperazine rings is 1. The zero-order chi connectivity index (χ0) is 15.6. The molecule has 1 aliphatic heterocycles. The topological polar surface area (TPSA) is 90.3 Å². The molecule has 1 fully saturated rings. The van der Waals surface area contributed by atoms with E-state index in [0.717, 1.165) is 0 Å². The molecule has 1 unspecified atom stereocenters. The average Bonchev–Trinajstić information content (AvgIpc) is 2.46. The van der Waals surface area contributed by atoms with E-state index in [1.807, 2.05) is 6.07 Å². The highest BCUT2D eigenvalue weighted by atomic mass is 35.5. The summed E-state index contributed by atoms with van der Waals surface area (Å²) in [6.07, 6.45) is 0.374. The quantitative estimate of drug-likeness (QED) is 0.900. The molecular weight excluding hydrogens is 314 g/mol. The second kappa shape index (κ2) is 6.02. The largest absolute Gasteiger partial charge is 0.353 e. The number of carbonyl (C=O) groups is 1. The Morgan fingerprint density at radius 1 is 1.52 bits per heavy atom. The fourth-order valence-electron chi connectivity index (χ4n) is 2.28. The highest BCUT2D eigenvalue weighted by Crippen LogP contribution is 2.28. The summed E-state index contributed by atoms with van der Waals surface area (Å²) in [5.41, 5.74) is 0.280. The smallest absolute Gasteiger partial charge is 0.245 e. The van der Waals surface area contributed by atoms with Crippen molar-refractivity contribution in [3.63, 3.8) is 0 Å². The molecule has 1 aliphatic rings. The Balaban J connectivity index is 2.46. The zero-order valence-corrected chi connectivity index (χ0v) is 12.9. The Hall–Kier alpha value is -1.62. The number of amides is 1. The predicted octanol–water partition coefficient (Wildman–Crippen LogP) is 1.11. The van der Waals surface area contributed by atoms with Gasteiger partial charge >= 0.3 is 0 Å². The minimum Gasteiger partial charge on any atom is -0.353 e. The lowest BCUT2D eigenvalue weighted by Crippen LogP contribution is -2.56. The summed E-state index contributed by atoms with van der Waals surface area (Å²) in [7, 11) is -3.88. The fraction of sp³-hybridized carbons (Fsp3) is 0.385. The standard InChI is InChI=1S/C13H14ClN3O3S/c1-2-11-13(18)16-5-6-17(11)21(19,20)12-4-3-9(8-15)7-10(12)14/h3-4,7,11H,2,5-6H2,1H3,(H,16,18). The molecule has 1 aromatic rings. The maximum absolute atomic E-state index is 12.7. The van der Waals surface area contributed by atoms with Crippen LogP contribution in [-0.4, -0.2) is 37.8 Å². The van der Waals surface area contributed by atoms with Crippen molar-refractivity contribution in [3.05, 3.63) is 28.8 Å². The summed E-state index contributed by atoms with van der Waals surface area (Å²) in [5, 5.41) is 11.4. The molecule has 1 saturated heterocycles. The van der Waals surface area contributed by atoms with Crippen LogP contribution in [0.4, 0.5) is 0 Å². The van der Waals surface area contributed by atoms with Crippen molar-refractivity contribution in [2.45, 2.75) is 24.3 Å². The van der Waals surface area contributed by atoms with E-state index < -0.39 is 16.1 Å². The molecule has 0 aliphatic carbocycles. The van der Waals surface area contributed by atoms with Crippen LogP contribution in [-0.2, 0) is 14.8 Å². The molecule has 1 aromatic carbocycles. The third-order valence-electron chi connectivity index (χ3n) is 3.32. The van der Waals surface area contributed by atoms with Gasteiger partial charge < -0.3 is 5.32 Å². The van der Waals surface area contributed by atoms with Gasteiger partial charge in [-0.05, 0) is 24.6 Å². The monoisotopic (exact) mass is 327 g/mol. The number of nitriles is 1. The lowest BCUT2D eigenvalue weighted by atomic mass is 10.2. The van der Waals surface area contributed by atoms with Gasteiger partial charge in [0.25, 0.3) is 0 Å². The van der Waals surface area contributed by atoms with Crippen molar-refractivity contribution in [1.29, 1.82) is 5.26 Å². The number of halogens is 1. The lowest BCUT2D eigenvalue weighted by Gasteiger charge is -2.33. The number of benzene rings is 1. The maximum atomic E-state index is 12.7. The summed E-state index contributed by atoms with van der Waals surface area (Å²) in [6.45, 7) is 2.21. The Morgan fingerprint density at radius 2 is 2.24 bits per heavy atom. The fourth-order valence-corrected chi connectivity index (χ4v) is 4.46. The second-order valence-electron chi connectivity index (χ2n) is 4.59. The van der Waals surface area contributed by atoms with E-state index >= 15 is 0 Å². The van der Waals surface area contributed by atoms with E-state index in [2.05, 4.69) is 5.32 Å². The Kier molecular flexibility index (Phi) is 4.52. The minimum atomic E-state index is -3.88. The van der Waals surface area contributed by atoms with Crippen molar-refractivity contribution in [2.24, 2.45) is 0 Å². The van der Waals surface area contributed by atoms with Crippen molar-refractivity contribution >= 4 is 27.5 Å². The molecular formula is C13H14ClN3O3S. The van der Waals surface area contributed by atoms with Crippen LogP contribution in [0.25, 0.3) is 0 Å². The van der Waals surface area contributed by atoms with Gasteiger partial charge in [0.1, 0.15) is 10.9 Å². The number of rotatable bonds is 3. The molecule has 2 rings (SSSR count). The van der Waals surface area contributed by atoms with Crippen LogP contribution < -0.4 is 5.32 Å². The number of hydrogen-bond acceptors (Lipinski definition) is 4.